The fourth-order valence-electron chi connectivity index (χ4n) is 1.84. The van der Waals surface area contributed by atoms with E-state index in [4.69, 9.17) is 16.3 Å². The number of ether oxygens (including phenoxy) is 1. The van der Waals surface area contributed by atoms with Crippen molar-refractivity contribution in [2.24, 2.45) is 7.05 Å². The number of halogens is 1. The highest BCUT2D eigenvalue weighted by molar-refractivity contribution is 6.30. The number of aryl methyl sites for hydroxylation is 1. The summed E-state index contributed by atoms with van der Waals surface area (Å²) in [5.74, 6) is 1.47. The van der Waals surface area contributed by atoms with Gasteiger partial charge in [-0.15, -0.1) is 0 Å². The molecule has 1 unspecified atom stereocenters. The van der Waals surface area contributed by atoms with E-state index in [-0.39, 0.29) is 12.1 Å². The highest BCUT2D eigenvalue weighted by atomic mass is 35.5. The maximum Gasteiger partial charge on any atom is 0.315 e. The minimum atomic E-state index is -0.260. The second-order valence-electron chi connectivity index (χ2n) is 4.90. The Hall–Kier alpha value is -2.21. The van der Waals surface area contributed by atoms with Crippen molar-refractivity contribution in [3.05, 3.63) is 47.5 Å². The lowest BCUT2D eigenvalue weighted by Gasteiger charge is -2.16. The monoisotopic (exact) mass is 322 g/mol. The smallest absolute Gasteiger partial charge is 0.315 e. The molecule has 0 radical (unpaired) electrons. The number of nitrogens with zero attached hydrogens (tertiary/aromatic N) is 2. The Bertz CT molecular complexity index is 630. The third kappa shape index (κ3) is 4.96. The molecule has 118 valence electrons. The molecular formula is C15H19ClN4O2. The molecule has 0 aliphatic rings. The summed E-state index contributed by atoms with van der Waals surface area (Å²) in [7, 11) is 1.88. The van der Waals surface area contributed by atoms with Crippen LogP contribution in [0, 0.1) is 0 Å². The van der Waals surface area contributed by atoms with E-state index in [1.54, 1.807) is 18.3 Å². The topological polar surface area (TPSA) is 68.2 Å². The maximum absolute atomic E-state index is 11.7. The van der Waals surface area contributed by atoms with Crippen molar-refractivity contribution in [2.75, 3.05) is 6.54 Å². The van der Waals surface area contributed by atoms with Gasteiger partial charge in [0.1, 0.15) is 17.7 Å². The van der Waals surface area contributed by atoms with Crippen LogP contribution in [0.25, 0.3) is 0 Å². The molecule has 22 heavy (non-hydrogen) atoms. The third-order valence-corrected chi connectivity index (χ3v) is 3.25. The van der Waals surface area contributed by atoms with Gasteiger partial charge in [0.25, 0.3) is 0 Å². The zero-order valence-electron chi connectivity index (χ0n) is 12.5. The molecule has 7 heteroatoms. The summed E-state index contributed by atoms with van der Waals surface area (Å²) in [5.41, 5.74) is 0. The summed E-state index contributed by atoms with van der Waals surface area (Å²) in [5, 5.41) is 6.11. The SMILES string of the molecule is CC(CNC(=O)NCc1nccn1C)Oc1cccc(Cl)c1. The number of rotatable bonds is 6. The minimum absolute atomic E-state index is 0.169. The van der Waals surface area contributed by atoms with Gasteiger partial charge in [-0.25, -0.2) is 9.78 Å². The number of urea groups is 1. The van der Waals surface area contributed by atoms with Gasteiger partial charge in [0.2, 0.25) is 0 Å². The lowest BCUT2D eigenvalue weighted by molar-refractivity contribution is 0.207. The van der Waals surface area contributed by atoms with E-state index < -0.39 is 0 Å². The van der Waals surface area contributed by atoms with Crippen molar-refractivity contribution in [3.8, 4) is 5.75 Å². The number of aromatic nitrogens is 2. The Morgan fingerprint density at radius 3 is 2.95 bits per heavy atom. The minimum Gasteiger partial charge on any atom is -0.489 e. The normalized spacial score (nSPS) is 11.8. The Morgan fingerprint density at radius 1 is 1.45 bits per heavy atom. The zero-order valence-corrected chi connectivity index (χ0v) is 13.3. The van der Waals surface area contributed by atoms with Crippen LogP contribution in [-0.2, 0) is 13.6 Å². The van der Waals surface area contributed by atoms with Crippen LogP contribution < -0.4 is 15.4 Å². The predicted molar refractivity (Wildman–Crippen MR) is 85.0 cm³/mol. The number of nitrogens with one attached hydrogen (secondary N) is 2. The first-order valence-corrected chi connectivity index (χ1v) is 7.32. The molecular weight excluding hydrogens is 304 g/mol. The van der Waals surface area contributed by atoms with Crippen molar-refractivity contribution in [2.45, 2.75) is 19.6 Å². The summed E-state index contributed by atoms with van der Waals surface area (Å²) in [6.07, 6.45) is 3.35. The molecule has 2 amide bonds. The third-order valence-electron chi connectivity index (χ3n) is 3.01. The Balaban J connectivity index is 1.70. The number of amides is 2. The fraction of sp³-hybridized carbons (Fsp3) is 0.333. The lowest BCUT2D eigenvalue weighted by atomic mass is 10.3. The van der Waals surface area contributed by atoms with Gasteiger partial charge in [-0.1, -0.05) is 17.7 Å². The molecule has 1 atom stereocenters. The van der Waals surface area contributed by atoms with E-state index in [1.165, 1.54) is 0 Å². The molecule has 0 fully saturated rings. The molecule has 1 aromatic carbocycles. The highest BCUT2D eigenvalue weighted by Crippen LogP contribution is 2.18. The van der Waals surface area contributed by atoms with Gasteiger partial charge in [-0.05, 0) is 25.1 Å². The maximum atomic E-state index is 11.7. The quantitative estimate of drug-likeness (QED) is 0.857. The second-order valence-corrected chi connectivity index (χ2v) is 5.34. The molecule has 1 aromatic heterocycles. The molecule has 0 saturated heterocycles. The van der Waals surface area contributed by atoms with E-state index in [0.29, 0.717) is 23.9 Å². The molecule has 0 aliphatic heterocycles. The molecule has 0 bridgehead atoms. The van der Waals surface area contributed by atoms with Gasteiger partial charge in [0.15, 0.2) is 0 Å². The van der Waals surface area contributed by atoms with Crippen molar-refractivity contribution < 1.29 is 9.53 Å². The van der Waals surface area contributed by atoms with Crippen LogP contribution in [0.1, 0.15) is 12.7 Å². The molecule has 0 spiro atoms. The average Bonchev–Trinajstić information content (AvgIpc) is 2.88. The standard InChI is InChI=1S/C15H19ClN4O2/c1-11(22-13-5-3-4-12(16)8-13)9-18-15(21)19-10-14-17-6-7-20(14)2/h3-8,11H,9-10H2,1-2H3,(H2,18,19,21). The average molecular weight is 323 g/mol. The molecule has 0 aliphatic carbocycles. The van der Waals surface area contributed by atoms with Crippen molar-refractivity contribution in [1.82, 2.24) is 20.2 Å². The van der Waals surface area contributed by atoms with Crippen LogP contribution >= 0.6 is 11.6 Å². The van der Waals surface area contributed by atoms with Gasteiger partial charge in [0.05, 0.1) is 13.1 Å². The van der Waals surface area contributed by atoms with Gasteiger partial charge in [0, 0.05) is 24.5 Å². The van der Waals surface area contributed by atoms with Crippen LogP contribution in [0.5, 0.6) is 5.75 Å². The number of carbonyl (C=O) groups is 1. The van der Waals surface area contributed by atoms with E-state index in [9.17, 15) is 4.79 Å². The van der Waals surface area contributed by atoms with Crippen LogP contribution in [0.2, 0.25) is 5.02 Å². The van der Waals surface area contributed by atoms with Crippen LogP contribution in [0.3, 0.4) is 0 Å². The van der Waals surface area contributed by atoms with Gasteiger partial charge < -0.3 is 19.9 Å². The largest absolute Gasteiger partial charge is 0.489 e. The number of hydrogen-bond donors (Lipinski definition) is 2. The van der Waals surface area contributed by atoms with Crippen molar-refractivity contribution in [3.63, 3.8) is 0 Å². The summed E-state index contributed by atoms with van der Waals surface area (Å²) >= 11 is 5.89. The molecule has 0 saturated carbocycles. The zero-order chi connectivity index (χ0) is 15.9. The summed E-state index contributed by atoms with van der Waals surface area (Å²) < 4.78 is 7.52. The Morgan fingerprint density at radius 2 is 2.27 bits per heavy atom. The number of benzene rings is 1. The Kier molecular flexibility index (Phi) is 5.66. The first-order chi connectivity index (χ1) is 10.5. The molecule has 2 aromatic rings. The summed E-state index contributed by atoms with van der Waals surface area (Å²) in [6, 6.07) is 6.90. The van der Waals surface area contributed by atoms with E-state index in [0.717, 1.165) is 5.82 Å². The van der Waals surface area contributed by atoms with Crippen LogP contribution in [0.4, 0.5) is 4.79 Å². The number of carbonyl (C=O) groups excluding carboxylic acids is 1. The van der Waals surface area contributed by atoms with Gasteiger partial charge >= 0.3 is 6.03 Å². The molecule has 6 nitrogen and oxygen atoms in total. The van der Waals surface area contributed by atoms with E-state index in [2.05, 4.69) is 15.6 Å². The highest BCUT2D eigenvalue weighted by Gasteiger charge is 2.08. The molecule has 2 rings (SSSR count). The fourth-order valence-corrected chi connectivity index (χ4v) is 2.02. The Labute approximate surface area is 134 Å². The number of hydrogen-bond acceptors (Lipinski definition) is 3. The lowest BCUT2D eigenvalue weighted by Crippen LogP contribution is -2.40. The molecule has 1 heterocycles. The van der Waals surface area contributed by atoms with E-state index >= 15 is 0 Å². The van der Waals surface area contributed by atoms with Crippen molar-refractivity contribution in [1.29, 1.82) is 0 Å². The first kappa shape index (κ1) is 16.2. The molecule has 2 N–H and O–H groups in total. The van der Waals surface area contributed by atoms with Gasteiger partial charge in [-0.3, -0.25) is 0 Å². The van der Waals surface area contributed by atoms with Crippen LogP contribution in [-0.4, -0.2) is 28.2 Å². The van der Waals surface area contributed by atoms with Crippen molar-refractivity contribution >= 4 is 17.6 Å². The second kappa shape index (κ2) is 7.70. The predicted octanol–water partition coefficient (Wildman–Crippen LogP) is 2.34. The van der Waals surface area contributed by atoms with Gasteiger partial charge in [-0.2, -0.15) is 0 Å². The first-order valence-electron chi connectivity index (χ1n) is 6.94. The van der Waals surface area contributed by atoms with E-state index in [1.807, 2.05) is 36.9 Å². The summed E-state index contributed by atoms with van der Waals surface area (Å²) in [6.45, 7) is 2.64. The number of imidazole rings is 1. The van der Waals surface area contributed by atoms with Crippen LogP contribution in [0.15, 0.2) is 36.7 Å². The summed E-state index contributed by atoms with van der Waals surface area (Å²) in [4.78, 5) is 15.9.